The number of hydrogen-bond acceptors (Lipinski definition) is 5. The Morgan fingerprint density at radius 1 is 0.893 bits per heavy atom. The number of aryl methyl sites for hydroxylation is 2. The molecule has 4 rings (SSSR count). The van der Waals surface area contributed by atoms with Crippen molar-refractivity contribution < 1.29 is 14.3 Å². The van der Waals surface area contributed by atoms with Crippen LogP contribution in [0.1, 0.15) is 21.5 Å². The summed E-state index contributed by atoms with van der Waals surface area (Å²) in [6, 6.07) is 14.9. The maximum absolute atomic E-state index is 12.4. The SMILES string of the molecule is Cc1ccc(C(=O)Nc2ccc(Nc3ccc4c(c3)OCCO4)nc2)cc1C. The molecule has 6 heteroatoms. The summed E-state index contributed by atoms with van der Waals surface area (Å²) in [6.45, 7) is 5.13. The Bertz CT molecular complexity index is 1020. The van der Waals surface area contributed by atoms with E-state index in [1.54, 1.807) is 6.20 Å². The lowest BCUT2D eigenvalue weighted by Gasteiger charge is -2.19. The predicted octanol–water partition coefficient (Wildman–Crippen LogP) is 4.47. The van der Waals surface area contributed by atoms with Crippen LogP contribution in [-0.2, 0) is 0 Å². The quantitative estimate of drug-likeness (QED) is 0.704. The first-order chi connectivity index (χ1) is 13.6. The van der Waals surface area contributed by atoms with Gasteiger partial charge in [-0.25, -0.2) is 4.98 Å². The Balaban J connectivity index is 1.42. The molecule has 2 aromatic carbocycles. The maximum atomic E-state index is 12.4. The van der Waals surface area contributed by atoms with Gasteiger partial charge in [0.05, 0.1) is 11.9 Å². The number of anilines is 3. The van der Waals surface area contributed by atoms with Gasteiger partial charge in [-0.1, -0.05) is 6.07 Å². The summed E-state index contributed by atoms with van der Waals surface area (Å²) in [6.07, 6.45) is 1.62. The first kappa shape index (κ1) is 17.9. The fraction of sp³-hybridized carbons (Fsp3) is 0.182. The maximum Gasteiger partial charge on any atom is 0.255 e. The number of hydrogen-bond donors (Lipinski definition) is 2. The summed E-state index contributed by atoms with van der Waals surface area (Å²) in [7, 11) is 0. The molecule has 1 aliphatic rings. The molecule has 142 valence electrons. The van der Waals surface area contributed by atoms with Crippen molar-refractivity contribution in [3.8, 4) is 11.5 Å². The summed E-state index contributed by atoms with van der Waals surface area (Å²) in [5.41, 5.74) is 4.36. The summed E-state index contributed by atoms with van der Waals surface area (Å²) in [5.74, 6) is 1.97. The lowest BCUT2D eigenvalue weighted by Crippen LogP contribution is -2.15. The number of pyridine rings is 1. The zero-order chi connectivity index (χ0) is 19.5. The number of amides is 1. The molecule has 6 nitrogen and oxygen atoms in total. The molecular formula is C22H21N3O3. The second-order valence-corrected chi connectivity index (χ2v) is 6.67. The van der Waals surface area contributed by atoms with Gasteiger partial charge in [-0.2, -0.15) is 0 Å². The zero-order valence-corrected chi connectivity index (χ0v) is 15.8. The highest BCUT2D eigenvalue weighted by Crippen LogP contribution is 2.33. The van der Waals surface area contributed by atoms with Crippen LogP contribution in [0.25, 0.3) is 0 Å². The highest BCUT2D eigenvalue weighted by Gasteiger charge is 2.12. The number of aromatic nitrogens is 1. The molecule has 28 heavy (non-hydrogen) atoms. The number of nitrogens with zero attached hydrogens (tertiary/aromatic N) is 1. The molecule has 3 aromatic rings. The van der Waals surface area contributed by atoms with E-state index in [9.17, 15) is 4.79 Å². The fourth-order valence-corrected chi connectivity index (χ4v) is 2.90. The van der Waals surface area contributed by atoms with Gasteiger partial charge in [0.25, 0.3) is 5.91 Å². The lowest BCUT2D eigenvalue weighted by molar-refractivity contribution is 0.102. The molecule has 0 aliphatic carbocycles. The fourth-order valence-electron chi connectivity index (χ4n) is 2.90. The first-order valence-corrected chi connectivity index (χ1v) is 9.10. The molecule has 0 unspecified atom stereocenters. The van der Waals surface area contributed by atoms with Crippen molar-refractivity contribution in [2.24, 2.45) is 0 Å². The van der Waals surface area contributed by atoms with Gasteiger partial charge in [-0.05, 0) is 61.4 Å². The van der Waals surface area contributed by atoms with Gasteiger partial charge in [0.2, 0.25) is 0 Å². The minimum atomic E-state index is -0.155. The average molecular weight is 375 g/mol. The Morgan fingerprint density at radius 3 is 2.43 bits per heavy atom. The van der Waals surface area contributed by atoms with E-state index in [-0.39, 0.29) is 5.91 Å². The van der Waals surface area contributed by atoms with Crippen LogP contribution in [0.15, 0.2) is 54.7 Å². The summed E-state index contributed by atoms with van der Waals surface area (Å²) in [5, 5.41) is 6.09. The van der Waals surface area contributed by atoms with E-state index in [0.29, 0.717) is 36.0 Å². The van der Waals surface area contributed by atoms with E-state index in [4.69, 9.17) is 9.47 Å². The normalized spacial score (nSPS) is 12.4. The number of rotatable bonds is 4. The molecule has 0 fully saturated rings. The molecular weight excluding hydrogens is 354 g/mol. The molecule has 0 saturated heterocycles. The zero-order valence-electron chi connectivity index (χ0n) is 15.8. The minimum absolute atomic E-state index is 0.155. The van der Waals surface area contributed by atoms with Crippen molar-refractivity contribution in [3.63, 3.8) is 0 Å². The number of nitrogens with one attached hydrogen (secondary N) is 2. The van der Waals surface area contributed by atoms with Crippen LogP contribution in [0.4, 0.5) is 17.2 Å². The molecule has 0 saturated carbocycles. The predicted molar refractivity (Wildman–Crippen MR) is 109 cm³/mol. The molecule has 1 aromatic heterocycles. The van der Waals surface area contributed by atoms with E-state index in [0.717, 1.165) is 22.6 Å². The van der Waals surface area contributed by atoms with Gasteiger partial charge < -0.3 is 20.1 Å². The Morgan fingerprint density at radius 2 is 1.68 bits per heavy atom. The van der Waals surface area contributed by atoms with Crippen molar-refractivity contribution in [1.29, 1.82) is 0 Å². The van der Waals surface area contributed by atoms with Crippen molar-refractivity contribution in [2.45, 2.75) is 13.8 Å². The third-order valence-corrected chi connectivity index (χ3v) is 4.61. The Labute approximate surface area is 163 Å². The third-order valence-electron chi connectivity index (χ3n) is 4.61. The second-order valence-electron chi connectivity index (χ2n) is 6.67. The molecule has 1 amide bonds. The Hall–Kier alpha value is -3.54. The highest BCUT2D eigenvalue weighted by molar-refractivity contribution is 6.04. The molecule has 0 radical (unpaired) electrons. The average Bonchev–Trinajstić information content (AvgIpc) is 2.71. The van der Waals surface area contributed by atoms with Crippen LogP contribution >= 0.6 is 0 Å². The molecule has 0 atom stereocenters. The minimum Gasteiger partial charge on any atom is -0.486 e. The van der Waals surface area contributed by atoms with Gasteiger partial charge in [0.15, 0.2) is 11.5 Å². The van der Waals surface area contributed by atoms with Crippen LogP contribution in [0.5, 0.6) is 11.5 Å². The van der Waals surface area contributed by atoms with Gasteiger partial charge in [0, 0.05) is 17.3 Å². The van der Waals surface area contributed by atoms with E-state index < -0.39 is 0 Å². The molecule has 2 heterocycles. The topological polar surface area (TPSA) is 72.5 Å². The van der Waals surface area contributed by atoms with Gasteiger partial charge in [-0.3, -0.25) is 4.79 Å². The van der Waals surface area contributed by atoms with Crippen LogP contribution in [0.3, 0.4) is 0 Å². The Kier molecular flexibility index (Phi) is 4.85. The molecule has 0 spiro atoms. The van der Waals surface area contributed by atoms with Crippen molar-refractivity contribution in [2.75, 3.05) is 23.8 Å². The van der Waals surface area contributed by atoms with E-state index in [1.807, 2.05) is 62.4 Å². The van der Waals surface area contributed by atoms with E-state index in [1.165, 1.54) is 0 Å². The van der Waals surface area contributed by atoms with Gasteiger partial charge >= 0.3 is 0 Å². The van der Waals surface area contributed by atoms with Crippen molar-refractivity contribution in [3.05, 3.63) is 71.4 Å². The molecule has 0 bridgehead atoms. The number of carbonyl (C=O) groups is 1. The van der Waals surface area contributed by atoms with Crippen LogP contribution in [-0.4, -0.2) is 24.1 Å². The third kappa shape index (κ3) is 3.91. The van der Waals surface area contributed by atoms with Crippen LogP contribution in [0, 0.1) is 13.8 Å². The smallest absolute Gasteiger partial charge is 0.255 e. The number of fused-ring (bicyclic) bond motifs is 1. The van der Waals surface area contributed by atoms with E-state index in [2.05, 4.69) is 15.6 Å². The van der Waals surface area contributed by atoms with Gasteiger partial charge in [0.1, 0.15) is 19.0 Å². The number of ether oxygens (including phenoxy) is 2. The van der Waals surface area contributed by atoms with Crippen LogP contribution in [0.2, 0.25) is 0 Å². The summed E-state index contributed by atoms with van der Waals surface area (Å²) >= 11 is 0. The lowest BCUT2D eigenvalue weighted by atomic mass is 10.1. The van der Waals surface area contributed by atoms with Gasteiger partial charge in [-0.15, -0.1) is 0 Å². The van der Waals surface area contributed by atoms with Crippen molar-refractivity contribution >= 4 is 23.1 Å². The van der Waals surface area contributed by atoms with Crippen LogP contribution < -0.4 is 20.1 Å². The van der Waals surface area contributed by atoms with Crippen molar-refractivity contribution in [1.82, 2.24) is 4.98 Å². The standard InChI is InChI=1S/C22H21N3O3/c1-14-3-4-16(11-15(14)2)22(26)25-18-6-8-21(23-13-18)24-17-5-7-19-20(12-17)28-10-9-27-19/h3-8,11-13H,9-10H2,1-2H3,(H,23,24)(H,25,26). The second kappa shape index (κ2) is 7.60. The molecule has 2 N–H and O–H groups in total. The largest absolute Gasteiger partial charge is 0.486 e. The highest BCUT2D eigenvalue weighted by atomic mass is 16.6. The monoisotopic (exact) mass is 375 g/mol. The summed E-state index contributed by atoms with van der Waals surface area (Å²) < 4.78 is 11.1. The van der Waals surface area contributed by atoms with E-state index >= 15 is 0 Å². The molecule has 1 aliphatic heterocycles. The summed E-state index contributed by atoms with van der Waals surface area (Å²) in [4.78, 5) is 16.8. The number of benzene rings is 2. The number of carbonyl (C=O) groups excluding carboxylic acids is 1. The first-order valence-electron chi connectivity index (χ1n) is 9.10.